The molecule has 0 unspecified atom stereocenters. The van der Waals surface area contributed by atoms with Gasteiger partial charge in [0.1, 0.15) is 18.5 Å². The summed E-state index contributed by atoms with van der Waals surface area (Å²) in [6.45, 7) is 2.40. The number of carbonyl (C=O) groups excluding carboxylic acids is 3. The summed E-state index contributed by atoms with van der Waals surface area (Å²) in [4.78, 5) is 52.8. The van der Waals surface area contributed by atoms with Crippen LogP contribution < -0.4 is 11.0 Å². The molecule has 0 bridgehead atoms. The Morgan fingerprint density at radius 1 is 1.03 bits per heavy atom. The van der Waals surface area contributed by atoms with E-state index in [1.165, 1.54) is 24.6 Å². The number of hydrogen-bond donors (Lipinski definition) is 1. The average Bonchev–Trinajstić information content (AvgIpc) is 3.18. The number of nitrogens with zero attached hydrogens (tertiary/aromatic N) is 2. The van der Waals surface area contributed by atoms with Crippen molar-refractivity contribution >= 4 is 39.6 Å². The van der Waals surface area contributed by atoms with E-state index in [0.29, 0.717) is 16.7 Å². The number of amides is 1. The summed E-state index contributed by atoms with van der Waals surface area (Å²) in [5.74, 6) is -1.44. The molecular formula is C26H24BrN3O7. The van der Waals surface area contributed by atoms with Crippen LogP contribution >= 0.6 is 15.9 Å². The highest BCUT2D eigenvalue weighted by molar-refractivity contribution is 9.09. The van der Waals surface area contributed by atoms with E-state index in [1.54, 1.807) is 42.5 Å². The number of aromatic nitrogens is 2. The molecular weight excluding hydrogens is 546 g/mol. The van der Waals surface area contributed by atoms with Crippen molar-refractivity contribution in [1.82, 2.24) is 9.55 Å². The van der Waals surface area contributed by atoms with Crippen LogP contribution in [0, 0.1) is 0 Å². The van der Waals surface area contributed by atoms with Crippen LogP contribution in [0.15, 0.2) is 71.7 Å². The van der Waals surface area contributed by atoms with Gasteiger partial charge in [0.2, 0.25) is 0 Å². The predicted molar refractivity (Wildman–Crippen MR) is 137 cm³/mol. The summed E-state index contributed by atoms with van der Waals surface area (Å²) in [6, 6.07) is 17.6. The fraction of sp³-hybridized carbons (Fsp3) is 0.269. The normalized spacial score (nSPS) is 20.7. The Kier molecular flexibility index (Phi) is 8.14. The van der Waals surface area contributed by atoms with Gasteiger partial charge in [-0.05, 0) is 17.7 Å². The van der Waals surface area contributed by atoms with Crippen LogP contribution in [-0.2, 0) is 23.8 Å². The zero-order valence-corrected chi connectivity index (χ0v) is 21.6. The van der Waals surface area contributed by atoms with E-state index in [9.17, 15) is 19.2 Å². The maximum absolute atomic E-state index is 13.2. The molecule has 1 aliphatic rings. The lowest BCUT2D eigenvalue weighted by Gasteiger charge is -2.23. The van der Waals surface area contributed by atoms with Crippen LogP contribution in [0.4, 0.5) is 5.82 Å². The first-order chi connectivity index (χ1) is 17.7. The number of anilines is 1. The predicted octanol–water partition coefficient (Wildman–Crippen LogP) is 3.32. The molecule has 192 valence electrons. The number of hydrogen-bond acceptors (Lipinski definition) is 8. The number of nitrogens with one attached hydrogen (secondary N) is 1. The second-order valence-electron chi connectivity index (χ2n) is 8.27. The summed E-state index contributed by atoms with van der Waals surface area (Å²) >= 11 is 3.46. The molecule has 11 heteroatoms. The van der Waals surface area contributed by atoms with Crippen molar-refractivity contribution in [3.8, 4) is 11.1 Å². The van der Waals surface area contributed by atoms with Gasteiger partial charge >= 0.3 is 17.6 Å². The number of benzene rings is 2. The van der Waals surface area contributed by atoms with Crippen molar-refractivity contribution in [2.24, 2.45) is 0 Å². The molecule has 3 aromatic rings. The topological polar surface area (TPSA) is 126 Å². The van der Waals surface area contributed by atoms with Gasteiger partial charge in [-0.2, -0.15) is 4.98 Å². The molecule has 1 aromatic heterocycles. The molecule has 4 rings (SSSR count). The Labute approximate surface area is 220 Å². The Bertz CT molecular complexity index is 1350. The minimum atomic E-state index is -1.07. The zero-order valence-electron chi connectivity index (χ0n) is 20.0. The number of halogens is 1. The second-order valence-corrected chi connectivity index (χ2v) is 9.32. The average molecular weight is 570 g/mol. The highest BCUT2D eigenvalue weighted by Crippen LogP contribution is 2.37. The van der Waals surface area contributed by atoms with Crippen LogP contribution in [0.5, 0.6) is 0 Å². The van der Waals surface area contributed by atoms with Crippen LogP contribution in [0.25, 0.3) is 11.1 Å². The first-order valence-corrected chi connectivity index (χ1v) is 12.3. The summed E-state index contributed by atoms with van der Waals surface area (Å²) in [7, 11) is 0. The van der Waals surface area contributed by atoms with E-state index in [-0.39, 0.29) is 12.4 Å². The van der Waals surface area contributed by atoms with E-state index < -0.39 is 46.8 Å². The Balaban J connectivity index is 1.76. The van der Waals surface area contributed by atoms with Crippen LogP contribution in [0.3, 0.4) is 0 Å². The van der Waals surface area contributed by atoms with Crippen molar-refractivity contribution in [3.05, 3.63) is 82.9 Å². The third kappa shape index (κ3) is 6.12. The number of carbonyl (C=O) groups is 3. The van der Waals surface area contributed by atoms with E-state index in [0.717, 1.165) is 0 Å². The van der Waals surface area contributed by atoms with Crippen molar-refractivity contribution in [1.29, 1.82) is 0 Å². The SMILES string of the molecule is CC(=O)OC[C@H]1O[C@@H](n2cc(-c3ccccc3)c(NC(=O)c3ccccc3)nc2=O)[C@H](OC(C)=O)[C@H]1Br. The molecule has 0 spiro atoms. The van der Waals surface area contributed by atoms with Crippen molar-refractivity contribution < 1.29 is 28.6 Å². The van der Waals surface area contributed by atoms with Gasteiger partial charge in [-0.1, -0.05) is 64.5 Å². The van der Waals surface area contributed by atoms with E-state index >= 15 is 0 Å². The van der Waals surface area contributed by atoms with E-state index in [4.69, 9.17) is 14.2 Å². The highest BCUT2D eigenvalue weighted by atomic mass is 79.9. The smallest absolute Gasteiger partial charge is 0.351 e. The van der Waals surface area contributed by atoms with E-state index in [1.807, 2.05) is 18.2 Å². The summed E-state index contributed by atoms with van der Waals surface area (Å²) in [5.41, 5.74) is 0.792. The van der Waals surface area contributed by atoms with Crippen LogP contribution in [-0.4, -0.2) is 51.0 Å². The molecule has 1 amide bonds. The molecule has 10 nitrogen and oxygen atoms in total. The Morgan fingerprint density at radius 2 is 1.68 bits per heavy atom. The third-order valence-corrected chi connectivity index (χ3v) is 6.71. The van der Waals surface area contributed by atoms with Gasteiger partial charge in [-0.15, -0.1) is 0 Å². The maximum atomic E-state index is 13.2. The quantitative estimate of drug-likeness (QED) is 0.339. The number of esters is 2. The van der Waals surface area contributed by atoms with Gasteiger partial charge < -0.3 is 19.5 Å². The van der Waals surface area contributed by atoms with Crippen LogP contribution in [0.2, 0.25) is 0 Å². The number of rotatable bonds is 7. The van der Waals surface area contributed by atoms with Gasteiger partial charge in [0, 0.05) is 31.2 Å². The molecule has 0 aliphatic carbocycles. The molecule has 1 fully saturated rings. The molecule has 0 saturated carbocycles. The Hall–Kier alpha value is -3.83. The van der Waals surface area contributed by atoms with Gasteiger partial charge in [-0.3, -0.25) is 19.0 Å². The van der Waals surface area contributed by atoms with Crippen molar-refractivity contribution in [2.75, 3.05) is 11.9 Å². The van der Waals surface area contributed by atoms with Gasteiger partial charge in [0.05, 0.1) is 4.83 Å². The molecule has 1 aliphatic heterocycles. The minimum Gasteiger partial charge on any atom is -0.463 e. The molecule has 2 aromatic carbocycles. The minimum absolute atomic E-state index is 0.0650. The monoisotopic (exact) mass is 569 g/mol. The van der Waals surface area contributed by atoms with E-state index in [2.05, 4.69) is 26.2 Å². The molecule has 4 atom stereocenters. The summed E-state index contributed by atoms with van der Waals surface area (Å²) < 4.78 is 17.8. The van der Waals surface area contributed by atoms with Gasteiger partial charge in [0.25, 0.3) is 5.91 Å². The fourth-order valence-electron chi connectivity index (χ4n) is 3.91. The lowest BCUT2D eigenvalue weighted by molar-refractivity contribution is -0.153. The summed E-state index contributed by atoms with van der Waals surface area (Å²) in [5, 5.41) is 2.72. The standard InChI is InChI=1S/C26H24BrN3O7/c1-15(31)35-14-20-21(27)22(36-16(2)32)25(37-20)30-13-19(17-9-5-3-6-10-17)23(29-26(30)34)28-24(33)18-11-7-4-8-12-18/h3-13,20-22,25H,14H2,1-2H3,(H,28,29,33,34)/t20-,21+,22-,25-/m1/s1. The van der Waals surface area contributed by atoms with Gasteiger partial charge in [0.15, 0.2) is 12.3 Å². The van der Waals surface area contributed by atoms with Crippen molar-refractivity contribution in [2.45, 2.75) is 37.1 Å². The maximum Gasteiger partial charge on any atom is 0.351 e. The first kappa shape index (κ1) is 26.2. The molecule has 1 N–H and O–H groups in total. The fourth-order valence-corrected chi connectivity index (χ4v) is 4.56. The molecule has 37 heavy (non-hydrogen) atoms. The third-order valence-electron chi connectivity index (χ3n) is 5.60. The van der Waals surface area contributed by atoms with Crippen molar-refractivity contribution in [3.63, 3.8) is 0 Å². The lowest BCUT2D eigenvalue weighted by atomic mass is 10.1. The number of ether oxygens (including phenoxy) is 3. The molecule has 0 radical (unpaired) electrons. The number of alkyl halides is 1. The highest BCUT2D eigenvalue weighted by Gasteiger charge is 2.47. The van der Waals surface area contributed by atoms with Crippen LogP contribution in [0.1, 0.15) is 30.4 Å². The zero-order chi connectivity index (χ0) is 26.5. The lowest BCUT2D eigenvalue weighted by Crippen LogP contribution is -2.37. The second kappa shape index (κ2) is 11.5. The Morgan fingerprint density at radius 3 is 2.30 bits per heavy atom. The molecule has 2 heterocycles. The first-order valence-electron chi connectivity index (χ1n) is 11.4. The molecule has 1 saturated heterocycles. The largest absolute Gasteiger partial charge is 0.463 e. The summed E-state index contributed by atoms with van der Waals surface area (Å²) in [6.07, 6.45) is -1.20. The van der Waals surface area contributed by atoms with Gasteiger partial charge in [-0.25, -0.2) is 4.79 Å².